The number of likely N-dealkylation sites (N-methyl/N-ethyl adjacent to an activating group) is 1. The number of hydrogen-bond acceptors (Lipinski definition) is 5. The van der Waals surface area contributed by atoms with Crippen molar-refractivity contribution in [2.24, 2.45) is 23.2 Å². The van der Waals surface area contributed by atoms with Gasteiger partial charge in [0, 0.05) is 22.3 Å². The number of alkyl halides is 1. The molecular formula is C29H44FNO4S. The number of aliphatic hydroxyl groups is 1. The van der Waals surface area contributed by atoms with Gasteiger partial charge >= 0.3 is 5.97 Å². The first-order chi connectivity index (χ1) is 17.2. The fourth-order valence-corrected chi connectivity index (χ4v) is 8.69. The number of aliphatic hydroxyl groups excluding tert-OH is 1. The van der Waals surface area contributed by atoms with E-state index in [0.29, 0.717) is 53.8 Å². The van der Waals surface area contributed by atoms with Crippen molar-refractivity contribution in [3.63, 3.8) is 0 Å². The molecule has 0 bridgehead atoms. The molecule has 0 amide bonds. The minimum absolute atomic E-state index is 0.00620. The quantitative estimate of drug-likeness (QED) is 0.256. The zero-order valence-corrected chi connectivity index (χ0v) is 23.0. The van der Waals surface area contributed by atoms with Gasteiger partial charge in [0.15, 0.2) is 0 Å². The molecule has 0 aliphatic heterocycles. The second-order valence-electron chi connectivity index (χ2n) is 11.9. The van der Waals surface area contributed by atoms with Gasteiger partial charge in [0.05, 0.1) is 19.3 Å². The number of halogens is 1. The van der Waals surface area contributed by atoms with Gasteiger partial charge in [-0.15, -0.1) is 0 Å². The Morgan fingerprint density at radius 3 is 2.72 bits per heavy atom. The van der Waals surface area contributed by atoms with Gasteiger partial charge in [0.1, 0.15) is 5.75 Å². The molecule has 1 unspecified atom stereocenters. The summed E-state index contributed by atoms with van der Waals surface area (Å²) in [6.07, 6.45) is 7.94. The highest BCUT2D eigenvalue weighted by Crippen LogP contribution is 2.62. The van der Waals surface area contributed by atoms with Crippen LogP contribution in [-0.2, 0) is 22.0 Å². The topological polar surface area (TPSA) is 66.8 Å². The van der Waals surface area contributed by atoms with Crippen molar-refractivity contribution >= 4 is 16.8 Å². The van der Waals surface area contributed by atoms with E-state index in [-0.39, 0.29) is 30.7 Å². The second-order valence-corrected chi connectivity index (χ2v) is 13.5. The van der Waals surface area contributed by atoms with Crippen molar-refractivity contribution in [1.82, 2.24) is 4.90 Å². The highest BCUT2D eigenvalue weighted by Gasteiger charge is 2.56. The third-order valence-electron chi connectivity index (χ3n) is 9.20. The van der Waals surface area contributed by atoms with E-state index in [9.17, 15) is 18.5 Å². The van der Waals surface area contributed by atoms with Crippen molar-refractivity contribution in [2.45, 2.75) is 76.7 Å². The van der Waals surface area contributed by atoms with Crippen molar-refractivity contribution in [1.29, 1.82) is 0 Å². The summed E-state index contributed by atoms with van der Waals surface area (Å²) >= 11 is 0. The minimum atomic E-state index is -0.884. The maximum absolute atomic E-state index is 12.4. The fraction of sp³-hybridized carbons (Fsp3) is 0.759. The number of hydrogen-bond donors (Lipinski definition) is 1. The molecule has 36 heavy (non-hydrogen) atoms. The van der Waals surface area contributed by atoms with Gasteiger partial charge in [-0.2, -0.15) is 0 Å². The van der Waals surface area contributed by atoms with E-state index < -0.39 is 10.8 Å². The lowest BCUT2D eigenvalue weighted by Crippen LogP contribution is -2.47. The highest BCUT2D eigenvalue weighted by molar-refractivity contribution is 7.84. The zero-order valence-electron chi connectivity index (χ0n) is 22.2. The molecule has 2 saturated carbocycles. The van der Waals surface area contributed by atoms with Gasteiger partial charge in [0.2, 0.25) is 0 Å². The van der Waals surface area contributed by atoms with Crippen LogP contribution in [0.25, 0.3) is 0 Å². The van der Waals surface area contributed by atoms with Gasteiger partial charge < -0.3 is 9.84 Å². The van der Waals surface area contributed by atoms with Crippen LogP contribution in [0.1, 0.15) is 75.3 Å². The van der Waals surface area contributed by atoms with Crippen molar-refractivity contribution in [2.75, 3.05) is 38.8 Å². The largest absolute Gasteiger partial charge is 0.426 e. The lowest BCUT2D eigenvalue weighted by atomic mass is 9.52. The number of nitrogens with zero attached hydrogens (tertiary/aromatic N) is 1. The number of benzene rings is 1. The third kappa shape index (κ3) is 6.05. The molecule has 4 rings (SSSR count). The summed E-state index contributed by atoms with van der Waals surface area (Å²) in [5, 5.41) is 10.9. The summed E-state index contributed by atoms with van der Waals surface area (Å²) in [4.78, 5) is 14.0. The molecule has 0 saturated heterocycles. The molecule has 0 heterocycles. The molecule has 1 aromatic carbocycles. The summed E-state index contributed by atoms with van der Waals surface area (Å²) < 4.78 is 30.5. The maximum atomic E-state index is 12.4. The molecule has 0 aromatic heterocycles. The van der Waals surface area contributed by atoms with Crippen LogP contribution >= 0.6 is 0 Å². The Balaban J connectivity index is 1.52. The van der Waals surface area contributed by atoms with Gasteiger partial charge in [-0.25, -0.2) is 0 Å². The molecule has 0 spiro atoms. The normalized spacial score (nSPS) is 32.0. The Hall–Kier alpha value is -1.31. The summed E-state index contributed by atoms with van der Waals surface area (Å²) in [6, 6.07) is 6.19. The van der Waals surface area contributed by atoms with E-state index in [1.165, 1.54) is 11.1 Å². The Bertz CT molecular complexity index is 940. The maximum Gasteiger partial charge on any atom is 0.325 e. The molecule has 7 atom stereocenters. The van der Waals surface area contributed by atoms with Crippen LogP contribution in [0.5, 0.6) is 5.75 Å². The van der Waals surface area contributed by atoms with Crippen LogP contribution in [0.3, 0.4) is 0 Å². The first-order valence-corrected chi connectivity index (χ1v) is 15.3. The van der Waals surface area contributed by atoms with E-state index in [1.807, 2.05) is 20.2 Å². The predicted molar refractivity (Wildman–Crippen MR) is 142 cm³/mol. The number of carbonyl (C=O) groups excluding carboxylic acids is 1. The SMILES string of the molecule is CN(C)CC(=O)Oc1ccc2c(c1)C[C@@H](CCCS(=O)CCCCF)[C@@H]1[C@@H]2CC[C@]2(C)[C@@H](O)CC[C@@H]12. The monoisotopic (exact) mass is 521 g/mol. The van der Waals surface area contributed by atoms with Crippen LogP contribution in [0.15, 0.2) is 18.2 Å². The van der Waals surface area contributed by atoms with E-state index >= 15 is 0 Å². The summed E-state index contributed by atoms with van der Waals surface area (Å²) in [5.41, 5.74) is 2.66. The second kappa shape index (κ2) is 12.0. The molecule has 2 fully saturated rings. The van der Waals surface area contributed by atoms with E-state index in [2.05, 4.69) is 19.1 Å². The average Bonchev–Trinajstić information content (AvgIpc) is 3.12. The summed E-state index contributed by atoms with van der Waals surface area (Å²) in [5.74, 6) is 3.60. The molecule has 3 aliphatic carbocycles. The van der Waals surface area contributed by atoms with Crippen LogP contribution in [0, 0.1) is 23.2 Å². The fourth-order valence-electron chi connectivity index (χ4n) is 7.47. The molecule has 7 heteroatoms. The number of unbranched alkanes of at least 4 members (excludes halogenated alkanes) is 1. The summed E-state index contributed by atoms with van der Waals surface area (Å²) in [6.45, 7) is 2.21. The standard InChI is InChI=1S/C29H44FNO4S/c1-29-13-12-24-23-9-8-22(35-27(33)19-31(2)3)18-21(23)17-20(28(24)25(29)10-11-26(29)32)7-6-16-36(34)15-5-4-14-30/h8-9,18,20,24-26,28,32H,4-7,10-17,19H2,1-3H3/t20-,24-,25+,26+,28-,29+,36?/m1/s1. The van der Waals surface area contributed by atoms with Crippen LogP contribution in [-0.4, -0.2) is 65.1 Å². The molecule has 5 nitrogen and oxygen atoms in total. The average molecular weight is 522 g/mol. The highest BCUT2D eigenvalue weighted by atomic mass is 32.2. The Morgan fingerprint density at radius 2 is 1.97 bits per heavy atom. The number of fused-ring (bicyclic) bond motifs is 5. The van der Waals surface area contributed by atoms with Crippen molar-refractivity contribution in [3.8, 4) is 5.75 Å². The van der Waals surface area contributed by atoms with Gasteiger partial charge in [-0.1, -0.05) is 13.0 Å². The van der Waals surface area contributed by atoms with Crippen molar-refractivity contribution < 1.29 is 23.2 Å². The molecule has 1 N–H and O–H groups in total. The molecule has 0 radical (unpaired) electrons. The number of ether oxygens (including phenoxy) is 1. The molecule has 3 aliphatic rings. The first-order valence-electron chi connectivity index (χ1n) is 13.8. The third-order valence-corrected chi connectivity index (χ3v) is 10.7. The lowest BCUT2D eigenvalue weighted by Gasteiger charge is -2.53. The van der Waals surface area contributed by atoms with Gasteiger partial charge in [0.25, 0.3) is 0 Å². The number of rotatable bonds is 11. The first kappa shape index (κ1) is 27.7. The van der Waals surface area contributed by atoms with Crippen LogP contribution < -0.4 is 4.74 Å². The molecule has 1 aromatic rings. The Morgan fingerprint density at radius 1 is 1.19 bits per heavy atom. The molecule has 202 valence electrons. The smallest absolute Gasteiger partial charge is 0.325 e. The number of esters is 1. The van der Waals surface area contributed by atoms with E-state index in [4.69, 9.17) is 4.74 Å². The Kier molecular flexibility index (Phi) is 9.27. The van der Waals surface area contributed by atoms with Crippen LogP contribution in [0.4, 0.5) is 4.39 Å². The minimum Gasteiger partial charge on any atom is -0.426 e. The summed E-state index contributed by atoms with van der Waals surface area (Å²) in [7, 11) is 2.82. The zero-order chi connectivity index (χ0) is 25.9. The number of carbonyl (C=O) groups is 1. The van der Waals surface area contributed by atoms with Gasteiger partial charge in [-0.3, -0.25) is 18.3 Å². The van der Waals surface area contributed by atoms with E-state index in [1.54, 1.807) is 4.90 Å². The van der Waals surface area contributed by atoms with Gasteiger partial charge in [-0.05, 0) is 124 Å². The predicted octanol–water partition coefficient (Wildman–Crippen LogP) is 4.88. The van der Waals surface area contributed by atoms with Crippen LogP contribution in [0.2, 0.25) is 0 Å². The van der Waals surface area contributed by atoms with Crippen molar-refractivity contribution in [3.05, 3.63) is 29.3 Å². The lowest BCUT2D eigenvalue weighted by molar-refractivity contribution is -0.135. The Labute approximate surface area is 218 Å². The molecular weight excluding hydrogens is 477 g/mol. The van der Waals surface area contributed by atoms with E-state index in [0.717, 1.165) is 44.9 Å².